The number of aliphatic hydroxyl groups excluding tert-OH is 1. The van der Waals surface area contributed by atoms with Crippen LogP contribution in [0.25, 0.3) is 11.0 Å². The summed E-state index contributed by atoms with van der Waals surface area (Å²) in [7, 11) is 0. The Balaban J connectivity index is 1.76. The average Bonchev–Trinajstić information content (AvgIpc) is 2.48. The topological polar surface area (TPSA) is 52.5 Å². The smallest absolute Gasteiger partial charge is 0.161 e. The zero-order chi connectivity index (χ0) is 15.7. The normalized spacial score (nSPS) is 17.9. The minimum atomic E-state index is -0.916. The van der Waals surface area contributed by atoms with Gasteiger partial charge < -0.3 is 10.0 Å². The maximum absolute atomic E-state index is 13.3. The summed E-state index contributed by atoms with van der Waals surface area (Å²) in [6.45, 7) is 5.59. The van der Waals surface area contributed by atoms with Crippen LogP contribution < -0.4 is 4.90 Å². The molecule has 1 N–H and O–H groups in total. The molecule has 1 saturated heterocycles. The summed E-state index contributed by atoms with van der Waals surface area (Å²) in [5.41, 5.74) is 0.693. The van der Waals surface area contributed by atoms with E-state index >= 15 is 0 Å². The molecule has 1 aliphatic heterocycles. The van der Waals surface area contributed by atoms with Crippen LogP contribution in [0.2, 0.25) is 0 Å². The lowest BCUT2D eigenvalue weighted by Crippen LogP contribution is -2.48. The van der Waals surface area contributed by atoms with Gasteiger partial charge in [-0.05, 0) is 6.92 Å². The first-order chi connectivity index (χ1) is 10.5. The predicted molar refractivity (Wildman–Crippen MR) is 79.8 cm³/mol. The molecule has 0 spiro atoms. The van der Waals surface area contributed by atoms with Crippen LogP contribution in [-0.2, 0) is 0 Å². The molecule has 1 fully saturated rings. The lowest BCUT2D eigenvalue weighted by atomic mass is 10.2. The second-order valence-corrected chi connectivity index (χ2v) is 5.62. The summed E-state index contributed by atoms with van der Waals surface area (Å²) >= 11 is 0. The Hall–Kier alpha value is -1.86. The largest absolute Gasteiger partial charge is 0.392 e. The molecule has 22 heavy (non-hydrogen) atoms. The number of hydrogen-bond donors (Lipinski definition) is 1. The summed E-state index contributed by atoms with van der Waals surface area (Å²) in [6.07, 6.45) is 1.24. The Morgan fingerprint density at radius 3 is 2.41 bits per heavy atom. The van der Waals surface area contributed by atoms with Crippen LogP contribution in [0.15, 0.2) is 18.3 Å². The Labute approximate surface area is 127 Å². The third-order valence-electron chi connectivity index (χ3n) is 3.79. The highest BCUT2D eigenvalue weighted by molar-refractivity contribution is 5.75. The van der Waals surface area contributed by atoms with Crippen molar-refractivity contribution in [1.29, 1.82) is 0 Å². The van der Waals surface area contributed by atoms with Crippen molar-refractivity contribution < 1.29 is 13.9 Å². The van der Waals surface area contributed by atoms with E-state index in [1.54, 1.807) is 13.1 Å². The number of aliphatic hydroxyl groups is 1. The molecule has 2 aromatic rings. The quantitative estimate of drug-likeness (QED) is 0.929. The van der Waals surface area contributed by atoms with Crippen LogP contribution in [0.5, 0.6) is 0 Å². The van der Waals surface area contributed by atoms with Crippen molar-refractivity contribution in [2.45, 2.75) is 13.0 Å². The number of nitrogens with zero attached hydrogens (tertiary/aromatic N) is 4. The molecule has 118 valence electrons. The number of β-amino-alcohol motifs (C(OH)–C–C–N with tert-alkyl or cyclic N) is 1. The van der Waals surface area contributed by atoms with Crippen LogP contribution in [-0.4, -0.2) is 58.8 Å². The molecule has 1 aromatic heterocycles. The van der Waals surface area contributed by atoms with E-state index in [1.165, 1.54) is 0 Å². The van der Waals surface area contributed by atoms with E-state index in [-0.39, 0.29) is 6.10 Å². The van der Waals surface area contributed by atoms with Gasteiger partial charge in [0.1, 0.15) is 5.82 Å². The first kappa shape index (κ1) is 15.1. The van der Waals surface area contributed by atoms with Crippen molar-refractivity contribution in [3.8, 4) is 0 Å². The van der Waals surface area contributed by atoms with Crippen molar-refractivity contribution in [2.24, 2.45) is 0 Å². The van der Waals surface area contributed by atoms with E-state index in [1.807, 2.05) is 0 Å². The summed E-state index contributed by atoms with van der Waals surface area (Å²) in [6, 6.07) is 2.13. The second-order valence-electron chi connectivity index (χ2n) is 5.62. The molecule has 0 saturated carbocycles. The molecule has 3 rings (SSSR count). The molecular weight excluding hydrogens is 290 g/mol. The Bertz CT molecular complexity index is 672. The number of fused-ring (bicyclic) bond motifs is 1. The van der Waals surface area contributed by atoms with Gasteiger partial charge in [0.2, 0.25) is 0 Å². The highest BCUT2D eigenvalue weighted by atomic mass is 19.2. The number of anilines is 1. The maximum Gasteiger partial charge on any atom is 0.161 e. The van der Waals surface area contributed by atoms with E-state index < -0.39 is 11.6 Å². The molecule has 0 aliphatic carbocycles. The van der Waals surface area contributed by atoms with Gasteiger partial charge in [-0.3, -0.25) is 9.88 Å². The van der Waals surface area contributed by atoms with E-state index in [0.717, 1.165) is 38.3 Å². The highest BCUT2D eigenvalue weighted by Crippen LogP contribution is 2.19. The van der Waals surface area contributed by atoms with Gasteiger partial charge in [-0.15, -0.1) is 0 Å². The zero-order valence-corrected chi connectivity index (χ0v) is 12.3. The van der Waals surface area contributed by atoms with Crippen LogP contribution in [0.1, 0.15) is 6.92 Å². The minimum Gasteiger partial charge on any atom is -0.392 e. The third-order valence-corrected chi connectivity index (χ3v) is 3.79. The van der Waals surface area contributed by atoms with E-state index in [4.69, 9.17) is 0 Å². The van der Waals surface area contributed by atoms with Crippen LogP contribution in [0.3, 0.4) is 0 Å². The molecule has 2 heterocycles. The molecule has 1 atom stereocenters. The summed E-state index contributed by atoms with van der Waals surface area (Å²) in [4.78, 5) is 12.8. The SMILES string of the molecule is CC(O)CN1CCN(c2cnc3cc(F)c(F)cc3n2)CC1. The van der Waals surface area contributed by atoms with Crippen molar-refractivity contribution in [3.63, 3.8) is 0 Å². The van der Waals surface area contributed by atoms with Gasteiger partial charge in [-0.25, -0.2) is 13.8 Å². The molecule has 0 bridgehead atoms. The van der Waals surface area contributed by atoms with E-state index in [2.05, 4.69) is 19.8 Å². The number of rotatable bonds is 3. The van der Waals surface area contributed by atoms with Crippen LogP contribution >= 0.6 is 0 Å². The first-order valence-electron chi connectivity index (χ1n) is 7.30. The molecule has 1 unspecified atom stereocenters. The Morgan fingerprint density at radius 2 is 1.77 bits per heavy atom. The van der Waals surface area contributed by atoms with Crippen LogP contribution in [0.4, 0.5) is 14.6 Å². The molecular formula is C15H18F2N4O. The summed E-state index contributed by atoms with van der Waals surface area (Å²) < 4.78 is 26.5. The standard InChI is InChI=1S/C15H18F2N4O/c1-10(22)9-20-2-4-21(5-3-20)15-8-18-13-6-11(16)12(17)7-14(13)19-15/h6-8,10,22H,2-5,9H2,1H3. The van der Waals surface area contributed by atoms with Crippen molar-refractivity contribution in [2.75, 3.05) is 37.6 Å². The van der Waals surface area contributed by atoms with E-state index in [0.29, 0.717) is 23.4 Å². The molecule has 1 aliphatic rings. The van der Waals surface area contributed by atoms with Crippen molar-refractivity contribution >= 4 is 16.9 Å². The number of benzene rings is 1. The zero-order valence-electron chi connectivity index (χ0n) is 12.3. The Kier molecular flexibility index (Phi) is 4.17. The number of aromatic nitrogens is 2. The molecule has 7 heteroatoms. The lowest BCUT2D eigenvalue weighted by Gasteiger charge is -2.35. The van der Waals surface area contributed by atoms with Gasteiger partial charge >= 0.3 is 0 Å². The van der Waals surface area contributed by atoms with Gasteiger partial charge in [-0.2, -0.15) is 0 Å². The monoisotopic (exact) mass is 308 g/mol. The molecule has 5 nitrogen and oxygen atoms in total. The molecule has 0 radical (unpaired) electrons. The molecule has 0 amide bonds. The minimum absolute atomic E-state index is 0.343. The fraction of sp³-hybridized carbons (Fsp3) is 0.467. The third kappa shape index (κ3) is 3.15. The average molecular weight is 308 g/mol. The number of piperazine rings is 1. The summed E-state index contributed by atoms with van der Waals surface area (Å²) in [5, 5.41) is 9.41. The van der Waals surface area contributed by atoms with Gasteiger partial charge in [-0.1, -0.05) is 0 Å². The van der Waals surface area contributed by atoms with Gasteiger partial charge in [0.15, 0.2) is 11.6 Å². The highest BCUT2D eigenvalue weighted by Gasteiger charge is 2.19. The first-order valence-corrected chi connectivity index (χ1v) is 7.30. The van der Waals surface area contributed by atoms with Gasteiger partial charge in [0.05, 0.1) is 23.3 Å². The maximum atomic E-state index is 13.3. The molecule has 1 aromatic carbocycles. The fourth-order valence-corrected chi connectivity index (χ4v) is 2.68. The van der Waals surface area contributed by atoms with E-state index in [9.17, 15) is 13.9 Å². The van der Waals surface area contributed by atoms with Gasteiger partial charge in [0.25, 0.3) is 0 Å². The van der Waals surface area contributed by atoms with Crippen LogP contribution in [0, 0.1) is 11.6 Å². The second kappa shape index (κ2) is 6.10. The number of hydrogen-bond acceptors (Lipinski definition) is 5. The Morgan fingerprint density at radius 1 is 1.14 bits per heavy atom. The van der Waals surface area contributed by atoms with Crippen molar-refractivity contribution in [1.82, 2.24) is 14.9 Å². The fourth-order valence-electron chi connectivity index (χ4n) is 2.68. The summed E-state index contributed by atoms with van der Waals surface area (Å²) in [5.74, 6) is -1.17. The predicted octanol–water partition coefficient (Wildman–Crippen LogP) is 1.41. The lowest BCUT2D eigenvalue weighted by molar-refractivity contribution is 0.122. The number of halogens is 2. The van der Waals surface area contributed by atoms with Gasteiger partial charge in [0, 0.05) is 44.9 Å². The van der Waals surface area contributed by atoms with Crippen molar-refractivity contribution in [3.05, 3.63) is 30.0 Å².